The Labute approximate surface area is 201 Å². The van der Waals surface area contributed by atoms with E-state index in [0.29, 0.717) is 13.2 Å². The number of rotatable bonds is 9. The van der Waals surface area contributed by atoms with Gasteiger partial charge in [-0.25, -0.2) is 0 Å². The Bertz CT molecular complexity index is 838. The van der Waals surface area contributed by atoms with E-state index in [1.54, 1.807) is 7.11 Å². The minimum Gasteiger partial charge on any atom is -0.407 e. The summed E-state index contributed by atoms with van der Waals surface area (Å²) < 4.78 is 25.1. The molecule has 1 aliphatic rings. The van der Waals surface area contributed by atoms with Crippen LogP contribution >= 0.6 is 0 Å². The van der Waals surface area contributed by atoms with Gasteiger partial charge in [0, 0.05) is 13.7 Å². The molecule has 3 atom stereocenters. The quantitative estimate of drug-likeness (QED) is 0.475. The van der Waals surface area contributed by atoms with Gasteiger partial charge in [0.2, 0.25) is 0 Å². The highest BCUT2D eigenvalue weighted by atomic mass is 28.4. The molecule has 0 radical (unpaired) electrons. The molecular formula is C28H42O4Si. The Morgan fingerprint density at radius 1 is 0.970 bits per heavy atom. The zero-order chi connectivity index (χ0) is 24.3. The molecule has 4 nitrogen and oxygen atoms in total. The Kier molecular flexibility index (Phi) is 7.92. The maximum absolute atomic E-state index is 7.13. The normalized spacial score (nSPS) is 21.5. The highest BCUT2D eigenvalue weighted by Crippen LogP contribution is 2.38. The van der Waals surface area contributed by atoms with Gasteiger partial charge in [0.25, 0.3) is 8.32 Å². The van der Waals surface area contributed by atoms with Crippen molar-refractivity contribution in [2.75, 3.05) is 20.3 Å². The average molecular weight is 471 g/mol. The molecule has 0 saturated carbocycles. The third-order valence-corrected chi connectivity index (χ3v) is 11.9. The van der Waals surface area contributed by atoms with E-state index in [-0.39, 0.29) is 17.1 Å². The SMILES string of the molecule is CO[C@](C)(C[C@@H](C)CO[Si](c1ccccc1)(c1ccccc1)C(C)(C)C)[C@H]1COC(C)(C)O1. The van der Waals surface area contributed by atoms with Gasteiger partial charge in [-0.1, -0.05) is 88.4 Å². The van der Waals surface area contributed by atoms with Crippen LogP contribution in [0.5, 0.6) is 0 Å². The molecule has 5 heteroatoms. The van der Waals surface area contributed by atoms with Crippen LogP contribution in [0.4, 0.5) is 0 Å². The van der Waals surface area contributed by atoms with Crippen LogP contribution in [0.3, 0.4) is 0 Å². The number of hydrogen-bond acceptors (Lipinski definition) is 4. The molecule has 0 amide bonds. The fourth-order valence-electron chi connectivity index (χ4n) is 5.11. The van der Waals surface area contributed by atoms with E-state index < -0.39 is 19.7 Å². The molecule has 182 valence electrons. The molecule has 33 heavy (non-hydrogen) atoms. The Balaban J connectivity index is 1.87. The van der Waals surface area contributed by atoms with Crippen molar-refractivity contribution in [1.29, 1.82) is 0 Å². The molecule has 2 aromatic rings. The smallest absolute Gasteiger partial charge is 0.261 e. The molecule has 0 unspecified atom stereocenters. The third kappa shape index (κ3) is 5.60. The number of benzene rings is 2. The topological polar surface area (TPSA) is 36.9 Å². The molecule has 0 spiro atoms. The van der Waals surface area contributed by atoms with Crippen LogP contribution in [0.2, 0.25) is 5.04 Å². The lowest BCUT2D eigenvalue weighted by molar-refractivity contribution is -0.177. The van der Waals surface area contributed by atoms with Crippen molar-refractivity contribution in [3.05, 3.63) is 60.7 Å². The summed E-state index contributed by atoms with van der Waals surface area (Å²) in [4.78, 5) is 0. The summed E-state index contributed by atoms with van der Waals surface area (Å²) in [5.74, 6) is -0.289. The molecule has 1 aliphatic heterocycles. The summed E-state index contributed by atoms with van der Waals surface area (Å²) in [6.07, 6.45) is 0.721. The average Bonchev–Trinajstić information content (AvgIpc) is 3.15. The van der Waals surface area contributed by atoms with Gasteiger partial charge >= 0.3 is 0 Å². The van der Waals surface area contributed by atoms with Crippen molar-refractivity contribution in [1.82, 2.24) is 0 Å². The van der Waals surface area contributed by atoms with Gasteiger partial charge in [0.1, 0.15) is 6.10 Å². The molecule has 1 heterocycles. The molecule has 0 bridgehead atoms. The lowest BCUT2D eigenvalue weighted by atomic mass is 9.88. The summed E-state index contributed by atoms with van der Waals surface area (Å²) in [5.41, 5.74) is -0.442. The minimum atomic E-state index is -2.55. The predicted molar refractivity (Wildman–Crippen MR) is 138 cm³/mol. The highest BCUT2D eigenvalue weighted by molar-refractivity contribution is 6.99. The minimum absolute atomic E-state index is 0.0353. The first kappa shape index (κ1) is 26.1. The first-order valence-electron chi connectivity index (χ1n) is 12.1. The van der Waals surface area contributed by atoms with Gasteiger partial charge in [0.05, 0.1) is 12.2 Å². The number of methoxy groups -OCH3 is 1. The second-order valence-electron chi connectivity index (χ2n) is 11.1. The second kappa shape index (κ2) is 10.0. The van der Waals surface area contributed by atoms with Crippen molar-refractivity contribution in [2.45, 2.75) is 77.4 Å². The van der Waals surface area contributed by atoms with Gasteiger partial charge in [-0.3, -0.25) is 0 Å². The predicted octanol–water partition coefficient (Wildman–Crippen LogP) is 5.15. The Morgan fingerprint density at radius 3 is 1.88 bits per heavy atom. The summed E-state index contributed by atoms with van der Waals surface area (Å²) in [7, 11) is -0.781. The molecule has 2 aromatic carbocycles. The first-order chi connectivity index (χ1) is 15.4. The maximum atomic E-state index is 7.13. The van der Waals surface area contributed by atoms with Crippen LogP contribution in [0.15, 0.2) is 60.7 Å². The summed E-state index contributed by atoms with van der Waals surface area (Å²) in [6, 6.07) is 21.6. The second-order valence-corrected chi connectivity index (χ2v) is 15.4. The van der Waals surface area contributed by atoms with Gasteiger partial charge in [-0.05, 0) is 48.5 Å². The maximum Gasteiger partial charge on any atom is 0.261 e. The third-order valence-electron chi connectivity index (χ3n) is 6.91. The molecule has 1 saturated heterocycles. The summed E-state index contributed by atoms with van der Waals surface area (Å²) >= 11 is 0. The molecule has 1 fully saturated rings. The van der Waals surface area contributed by atoms with E-state index in [9.17, 15) is 0 Å². The van der Waals surface area contributed by atoms with Crippen LogP contribution in [0.1, 0.15) is 54.9 Å². The van der Waals surface area contributed by atoms with Gasteiger partial charge in [0.15, 0.2) is 5.79 Å². The van der Waals surface area contributed by atoms with Crippen molar-refractivity contribution in [2.24, 2.45) is 5.92 Å². The molecule has 0 aromatic heterocycles. The van der Waals surface area contributed by atoms with E-state index in [4.69, 9.17) is 18.6 Å². The Hall–Kier alpha value is -1.50. The fraction of sp³-hybridized carbons (Fsp3) is 0.571. The zero-order valence-electron chi connectivity index (χ0n) is 21.7. The van der Waals surface area contributed by atoms with Crippen molar-refractivity contribution >= 4 is 18.7 Å². The number of ether oxygens (including phenoxy) is 3. The Morgan fingerprint density at radius 2 is 1.48 bits per heavy atom. The van der Waals surface area contributed by atoms with Gasteiger partial charge < -0.3 is 18.6 Å². The van der Waals surface area contributed by atoms with E-state index in [1.807, 2.05) is 13.8 Å². The van der Waals surface area contributed by atoms with Crippen molar-refractivity contribution in [3.63, 3.8) is 0 Å². The van der Waals surface area contributed by atoms with Crippen LogP contribution < -0.4 is 10.4 Å². The lowest BCUT2D eigenvalue weighted by Crippen LogP contribution is -2.67. The van der Waals surface area contributed by atoms with Gasteiger partial charge in [-0.15, -0.1) is 0 Å². The van der Waals surface area contributed by atoms with Crippen LogP contribution in [-0.4, -0.2) is 46.1 Å². The molecular weight excluding hydrogens is 428 g/mol. The lowest BCUT2D eigenvalue weighted by Gasteiger charge is -2.44. The van der Waals surface area contributed by atoms with Crippen LogP contribution in [0.25, 0.3) is 0 Å². The highest BCUT2D eigenvalue weighted by Gasteiger charge is 2.51. The van der Waals surface area contributed by atoms with Crippen LogP contribution in [0, 0.1) is 5.92 Å². The fourth-order valence-corrected chi connectivity index (χ4v) is 9.80. The van der Waals surface area contributed by atoms with Crippen molar-refractivity contribution in [3.8, 4) is 0 Å². The summed E-state index contributed by atoms with van der Waals surface area (Å²) in [6.45, 7) is 16.4. The molecule has 0 aliphatic carbocycles. The zero-order valence-corrected chi connectivity index (χ0v) is 22.7. The molecule has 0 N–H and O–H groups in total. The number of hydrogen-bond donors (Lipinski definition) is 0. The standard InChI is InChI=1S/C28H42O4Si/c1-22(19-28(7,29-8)25-21-30-27(5,6)32-25)20-31-33(26(2,3)4,23-15-11-9-12-16-23)24-17-13-10-14-18-24/h9-18,22,25H,19-21H2,1-8H3/t22-,25-,28-/m1/s1. The summed E-state index contributed by atoms with van der Waals surface area (Å²) in [5, 5.41) is 2.58. The van der Waals surface area contributed by atoms with E-state index in [2.05, 4.69) is 95.3 Å². The van der Waals surface area contributed by atoms with E-state index in [1.165, 1.54) is 10.4 Å². The van der Waals surface area contributed by atoms with E-state index in [0.717, 1.165) is 6.42 Å². The van der Waals surface area contributed by atoms with Crippen molar-refractivity contribution < 1.29 is 18.6 Å². The largest absolute Gasteiger partial charge is 0.407 e. The van der Waals surface area contributed by atoms with Crippen LogP contribution in [-0.2, 0) is 18.6 Å². The molecule has 3 rings (SSSR count). The first-order valence-corrected chi connectivity index (χ1v) is 14.0. The van der Waals surface area contributed by atoms with Gasteiger partial charge in [-0.2, -0.15) is 0 Å². The van der Waals surface area contributed by atoms with E-state index >= 15 is 0 Å². The monoisotopic (exact) mass is 470 g/mol.